The number of halogens is 1. The van der Waals surface area contributed by atoms with Crippen molar-refractivity contribution in [2.45, 2.75) is 38.0 Å². The molecule has 1 saturated heterocycles. The molecule has 2 rings (SSSR count). The van der Waals surface area contributed by atoms with Gasteiger partial charge in [0.25, 0.3) is 0 Å². The standard InChI is InChI=1S/C16H22N2.ClH/c1-2-3-11-18-12-9-16(14-17,10-13-18)15-7-5-4-6-8-15;/h4-8H,2-3,9-13H2,1H3;1H. The summed E-state index contributed by atoms with van der Waals surface area (Å²) in [5.41, 5.74) is 0.951. The van der Waals surface area contributed by atoms with Gasteiger partial charge in [-0.05, 0) is 44.5 Å². The van der Waals surface area contributed by atoms with Gasteiger partial charge in [-0.25, -0.2) is 0 Å². The van der Waals surface area contributed by atoms with Crippen molar-refractivity contribution in [3.05, 3.63) is 35.9 Å². The number of piperidine rings is 1. The average Bonchev–Trinajstić information content (AvgIpc) is 2.46. The maximum atomic E-state index is 9.59. The van der Waals surface area contributed by atoms with E-state index >= 15 is 0 Å². The summed E-state index contributed by atoms with van der Waals surface area (Å²) in [7, 11) is 0. The van der Waals surface area contributed by atoms with E-state index in [1.165, 1.54) is 24.9 Å². The van der Waals surface area contributed by atoms with E-state index in [2.05, 4.69) is 30.0 Å². The molecule has 0 aliphatic carbocycles. The van der Waals surface area contributed by atoms with Gasteiger partial charge < -0.3 is 4.90 Å². The van der Waals surface area contributed by atoms with Crippen LogP contribution in [0.25, 0.3) is 0 Å². The Labute approximate surface area is 122 Å². The van der Waals surface area contributed by atoms with Crippen molar-refractivity contribution in [1.82, 2.24) is 4.90 Å². The second-order valence-electron chi connectivity index (χ2n) is 5.26. The van der Waals surface area contributed by atoms with Crippen LogP contribution in [0.5, 0.6) is 0 Å². The molecule has 1 heterocycles. The Hall–Kier alpha value is -1.04. The first-order chi connectivity index (χ1) is 8.80. The van der Waals surface area contributed by atoms with Gasteiger partial charge in [-0.1, -0.05) is 43.7 Å². The summed E-state index contributed by atoms with van der Waals surface area (Å²) in [4.78, 5) is 2.50. The largest absolute Gasteiger partial charge is 0.303 e. The second kappa shape index (κ2) is 7.53. The normalized spacial score (nSPS) is 18.3. The van der Waals surface area contributed by atoms with Crippen molar-refractivity contribution >= 4 is 12.4 Å². The number of nitriles is 1. The Morgan fingerprint density at radius 1 is 1.21 bits per heavy atom. The summed E-state index contributed by atoms with van der Waals surface area (Å²) in [6.07, 6.45) is 4.46. The van der Waals surface area contributed by atoms with Crippen LogP contribution in [0.1, 0.15) is 38.2 Å². The third-order valence-corrected chi connectivity index (χ3v) is 4.08. The molecule has 1 fully saturated rings. The van der Waals surface area contributed by atoms with Crippen LogP contribution in [0.2, 0.25) is 0 Å². The summed E-state index contributed by atoms with van der Waals surface area (Å²) in [5, 5.41) is 9.59. The van der Waals surface area contributed by atoms with Crippen LogP contribution in [0.4, 0.5) is 0 Å². The third-order valence-electron chi connectivity index (χ3n) is 4.08. The van der Waals surface area contributed by atoms with Crippen LogP contribution in [0.15, 0.2) is 30.3 Å². The fourth-order valence-corrected chi connectivity index (χ4v) is 2.76. The van der Waals surface area contributed by atoms with E-state index in [1.807, 2.05) is 18.2 Å². The summed E-state index contributed by atoms with van der Waals surface area (Å²) in [6.45, 7) is 5.53. The van der Waals surface area contributed by atoms with Gasteiger partial charge in [0.05, 0.1) is 11.5 Å². The molecule has 0 atom stereocenters. The van der Waals surface area contributed by atoms with Crippen LogP contribution in [-0.2, 0) is 5.41 Å². The molecule has 1 aliphatic rings. The smallest absolute Gasteiger partial charge is 0.0846 e. The molecule has 2 nitrogen and oxygen atoms in total. The average molecular weight is 279 g/mol. The van der Waals surface area contributed by atoms with Gasteiger partial charge in [-0.2, -0.15) is 5.26 Å². The van der Waals surface area contributed by atoms with E-state index in [9.17, 15) is 5.26 Å². The minimum Gasteiger partial charge on any atom is -0.303 e. The number of nitrogens with zero attached hydrogens (tertiary/aromatic N) is 2. The lowest BCUT2D eigenvalue weighted by Crippen LogP contribution is -2.42. The summed E-state index contributed by atoms with van der Waals surface area (Å²) in [5.74, 6) is 0. The molecular weight excluding hydrogens is 256 g/mol. The van der Waals surface area contributed by atoms with Gasteiger partial charge >= 0.3 is 0 Å². The Kier molecular flexibility index (Phi) is 6.34. The molecule has 3 heteroatoms. The van der Waals surface area contributed by atoms with Gasteiger partial charge in [0.1, 0.15) is 0 Å². The molecule has 0 unspecified atom stereocenters. The van der Waals surface area contributed by atoms with Crippen LogP contribution in [-0.4, -0.2) is 24.5 Å². The quantitative estimate of drug-likeness (QED) is 0.838. The summed E-state index contributed by atoms with van der Waals surface area (Å²) >= 11 is 0. The predicted molar refractivity (Wildman–Crippen MR) is 81.6 cm³/mol. The Morgan fingerprint density at radius 2 is 1.84 bits per heavy atom. The number of hydrogen-bond acceptors (Lipinski definition) is 2. The van der Waals surface area contributed by atoms with Crippen molar-refractivity contribution in [3.63, 3.8) is 0 Å². The van der Waals surface area contributed by atoms with Gasteiger partial charge in [0, 0.05) is 0 Å². The Morgan fingerprint density at radius 3 is 2.37 bits per heavy atom. The van der Waals surface area contributed by atoms with Crippen LogP contribution < -0.4 is 0 Å². The SMILES string of the molecule is CCCCN1CCC(C#N)(c2ccccc2)CC1.Cl. The van der Waals surface area contributed by atoms with Crippen molar-refractivity contribution in [2.24, 2.45) is 0 Å². The number of benzene rings is 1. The molecule has 0 bridgehead atoms. The zero-order valence-corrected chi connectivity index (χ0v) is 12.5. The molecule has 0 aromatic heterocycles. The van der Waals surface area contributed by atoms with Gasteiger partial charge in [0.15, 0.2) is 0 Å². The molecule has 1 aromatic rings. The molecule has 0 N–H and O–H groups in total. The van der Waals surface area contributed by atoms with E-state index in [0.29, 0.717) is 0 Å². The molecule has 0 spiro atoms. The third kappa shape index (κ3) is 3.72. The molecule has 0 saturated carbocycles. The van der Waals surface area contributed by atoms with E-state index in [4.69, 9.17) is 0 Å². The van der Waals surface area contributed by atoms with Crippen molar-refractivity contribution in [1.29, 1.82) is 5.26 Å². The minimum absolute atomic E-state index is 0. The predicted octanol–water partition coefficient (Wildman–Crippen LogP) is 3.77. The maximum absolute atomic E-state index is 9.59. The Balaban J connectivity index is 0.00000180. The molecule has 1 aliphatic heterocycles. The topological polar surface area (TPSA) is 27.0 Å². The molecule has 1 aromatic carbocycles. The van der Waals surface area contributed by atoms with Gasteiger partial charge in [0.2, 0.25) is 0 Å². The van der Waals surface area contributed by atoms with Gasteiger partial charge in [-0.3, -0.25) is 0 Å². The molecular formula is C16H23ClN2. The second-order valence-corrected chi connectivity index (χ2v) is 5.26. The van der Waals surface area contributed by atoms with Gasteiger partial charge in [-0.15, -0.1) is 12.4 Å². The monoisotopic (exact) mass is 278 g/mol. The van der Waals surface area contributed by atoms with Crippen LogP contribution in [0, 0.1) is 11.3 Å². The van der Waals surface area contributed by atoms with E-state index in [-0.39, 0.29) is 17.8 Å². The molecule has 0 amide bonds. The zero-order valence-electron chi connectivity index (χ0n) is 11.6. The summed E-state index contributed by atoms with van der Waals surface area (Å²) < 4.78 is 0. The number of likely N-dealkylation sites (tertiary alicyclic amines) is 1. The zero-order chi connectivity index (χ0) is 12.8. The van der Waals surface area contributed by atoms with Crippen LogP contribution >= 0.6 is 12.4 Å². The highest BCUT2D eigenvalue weighted by atomic mass is 35.5. The lowest BCUT2D eigenvalue weighted by atomic mass is 9.74. The lowest BCUT2D eigenvalue weighted by Gasteiger charge is -2.37. The first-order valence-electron chi connectivity index (χ1n) is 7.00. The van der Waals surface area contributed by atoms with Crippen molar-refractivity contribution in [3.8, 4) is 6.07 Å². The van der Waals surface area contributed by atoms with Crippen molar-refractivity contribution < 1.29 is 0 Å². The first-order valence-corrected chi connectivity index (χ1v) is 7.00. The minimum atomic E-state index is -0.246. The molecule has 19 heavy (non-hydrogen) atoms. The molecule has 0 radical (unpaired) electrons. The fourth-order valence-electron chi connectivity index (χ4n) is 2.76. The number of hydrogen-bond donors (Lipinski definition) is 0. The van der Waals surface area contributed by atoms with E-state index in [0.717, 1.165) is 25.9 Å². The highest BCUT2D eigenvalue weighted by molar-refractivity contribution is 5.85. The van der Waals surface area contributed by atoms with Crippen LogP contribution in [0.3, 0.4) is 0 Å². The summed E-state index contributed by atoms with van der Waals surface area (Å²) in [6, 6.07) is 12.9. The highest BCUT2D eigenvalue weighted by Crippen LogP contribution is 2.34. The van der Waals surface area contributed by atoms with E-state index < -0.39 is 0 Å². The fraction of sp³-hybridized carbons (Fsp3) is 0.562. The number of unbranched alkanes of at least 4 members (excludes halogenated alkanes) is 1. The Bertz CT molecular complexity index is 403. The van der Waals surface area contributed by atoms with E-state index in [1.54, 1.807) is 0 Å². The molecule has 104 valence electrons. The lowest BCUT2D eigenvalue weighted by molar-refractivity contribution is 0.184. The highest BCUT2D eigenvalue weighted by Gasteiger charge is 2.35. The maximum Gasteiger partial charge on any atom is 0.0846 e. The van der Waals surface area contributed by atoms with Crippen molar-refractivity contribution in [2.75, 3.05) is 19.6 Å². The number of rotatable bonds is 4. The first kappa shape index (κ1) is 16.0.